The third-order valence-electron chi connectivity index (χ3n) is 2.25. The Morgan fingerprint density at radius 3 is 2.00 bits per heavy atom. The minimum atomic E-state index is -0.416. The Morgan fingerprint density at radius 1 is 1.14 bits per heavy atom. The molecule has 118 valence electrons. The van der Waals surface area contributed by atoms with Crippen molar-refractivity contribution in [3.8, 4) is 11.8 Å². The average molecular weight is 292 g/mol. The molecule has 0 atom stereocenters. The molecule has 0 aliphatic heterocycles. The molecule has 1 N–H and O–H groups in total. The Labute approximate surface area is 129 Å². The van der Waals surface area contributed by atoms with Crippen molar-refractivity contribution in [1.82, 2.24) is 0 Å². The van der Waals surface area contributed by atoms with E-state index in [4.69, 9.17) is 5.11 Å². The van der Waals surface area contributed by atoms with Crippen LogP contribution in [-0.2, 0) is 4.74 Å². The van der Waals surface area contributed by atoms with Crippen LogP contribution >= 0.6 is 0 Å². The van der Waals surface area contributed by atoms with Crippen molar-refractivity contribution in [2.75, 3.05) is 13.7 Å². The van der Waals surface area contributed by atoms with Gasteiger partial charge in [0.2, 0.25) is 0 Å². The van der Waals surface area contributed by atoms with Crippen molar-refractivity contribution in [3.63, 3.8) is 0 Å². The molecule has 1 aromatic rings. The molecule has 3 heteroatoms. The molecule has 21 heavy (non-hydrogen) atoms. The highest BCUT2D eigenvalue weighted by Gasteiger charge is 2.11. The van der Waals surface area contributed by atoms with Gasteiger partial charge in [-0.15, -0.1) is 0 Å². The van der Waals surface area contributed by atoms with E-state index in [0.717, 1.165) is 5.56 Å². The van der Waals surface area contributed by atoms with Gasteiger partial charge in [0.1, 0.15) is 0 Å². The second-order valence-electron chi connectivity index (χ2n) is 4.36. The van der Waals surface area contributed by atoms with Gasteiger partial charge in [0.15, 0.2) is 0 Å². The van der Waals surface area contributed by atoms with E-state index < -0.39 is 5.41 Å². The molecule has 0 saturated heterocycles. The molecule has 0 radical (unpaired) electrons. The highest BCUT2D eigenvalue weighted by molar-refractivity contribution is 5.89. The number of carbonyl (C=O) groups excluding carboxylic acids is 1. The molecule has 1 aromatic carbocycles. The van der Waals surface area contributed by atoms with Crippen LogP contribution in [0.5, 0.6) is 0 Å². The van der Waals surface area contributed by atoms with E-state index in [1.807, 2.05) is 41.5 Å². The van der Waals surface area contributed by atoms with Crippen molar-refractivity contribution >= 4 is 5.97 Å². The lowest BCUT2D eigenvalue weighted by Gasteiger charge is -2.11. The van der Waals surface area contributed by atoms with E-state index in [9.17, 15) is 4.79 Å². The third kappa shape index (κ3) is 8.88. The fourth-order valence-corrected chi connectivity index (χ4v) is 1.09. The lowest BCUT2D eigenvalue weighted by molar-refractivity contribution is 0.0600. The minimum absolute atomic E-state index is 0.0141. The summed E-state index contributed by atoms with van der Waals surface area (Å²) in [4.78, 5) is 11.2. The monoisotopic (exact) mass is 292 g/mol. The molecule has 0 aliphatic carbocycles. The summed E-state index contributed by atoms with van der Waals surface area (Å²) in [5, 5.41) is 9.06. The van der Waals surface area contributed by atoms with Crippen molar-refractivity contribution in [1.29, 1.82) is 0 Å². The highest BCUT2D eigenvalue weighted by atomic mass is 16.5. The maximum Gasteiger partial charge on any atom is 0.337 e. The Balaban J connectivity index is 0. The quantitative estimate of drug-likeness (QED) is 0.664. The summed E-state index contributed by atoms with van der Waals surface area (Å²) in [6, 6.07) is 6.85. The predicted molar refractivity (Wildman–Crippen MR) is 88.2 cm³/mol. The number of aliphatic hydroxyl groups is 1. The first kappa shape index (κ1) is 21.5. The summed E-state index contributed by atoms with van der Waals surface area (Å²) in [7, 11) is 1.35. The maximum atomic E-state index is 11.2. The van der Waals surface area contributed by atoms with Gasteiger partial charge >= 0.3 is 5.97 Å². The molecule has 3 nitrogen and oxygen atoms in total. The Hall–Kier alpha value is -1.79. The van der Waals surface area contributed by atoms with Crippen LogP contribution in [0.3, 0.4) is 0 Å². The number of carbonyl (C=O) groups is 1. The van der Waals surface area contributed by atoms with Crippen LogP contribution in [0.1, 0.15) is 57.5 Å². The Morgan fingerprint density at radius 2 is 1.62 bits per heavy atom. The van der Waals surface area contributed by atoms with Gasteiger partial charge in [-0.05, 0) is 38.1 Å². The number of ether oxygens (including phenoxy) is 1. The smallest absolute Gasteiger partial charge is 0.337 e. The van der Waals surface area contributed by atoms with E-state index in [2.05, 4.69) is 16.6 Å². The molecular formula is C18H28O3. The number of hydrogen-bond acceptors (Lipinski definition) is 3. The Kier molecular flexibility index (Phi) is 12.3. The molecule has 0 aliphatic rings. The lowest BCUT2D eigenvalue weighted by atomic mass is 9.95. The van der Waals surface area contributed by atoms with Crippen LogP contribution < -0.4 is 0 Å². The second kappa shape index (κ2) is 12.0. The molecule has 0 saturated carbocycles. The number of methoxy groups -OCH3 is 1. The van der Waals surface area contributed by atoms with Gasteiger partial charge < -0.3 is 9.84 Å². The first-order valence-electron chi connectivity index (χ1n) is 7.31. The third-order valence-corrected chi connectivity index (χ3v) is 2.25. The molecule has 0 bridgehead atoms. The van der Waals surface area contributed by atoms with Crippen LogP contribution in [-0.4, -0.2) is 24.8 Å². The summed E-state index contributed by atoms with van der Waals surface area (Å²) in [5.74, 6) is 5.57. The van der Waals surface area contributed by atoms with Crippen LogP contribution in [0.2, 0.25) is 0 Å². The predicted octanol–water partition coefficient (Wildman–Crippen LogP) is 3.90. The first-order chi connectivity index (χ1) is 9.98. The van der Waals surface area contributed by atoms with Gasteiger partial charge in [-0.3, -0.25) is 0 Å². The zero-order valence-corrected chi connectivity index (χ0v) is 14.3. The SMILES string of the molecule is CC.CC.COC(=O)c1ccc(C#CC(C)(C)CO)cc1. The van der Waals surface area contributed by atoms with Gasteiger partial charge in [-0.2, -0.15) is 0 Å². The summed E-state index contributed by atoms with van der Waals surface area (Å²) >= 11 is 0. The number of benzene rings is 1. The molecule has 0 aromatic heterocycles. The topological polar surface area (TPSA) is 46.5 Å². The van der Waals surface area contributed by atoms with Crippen molar-refractivity contribution < 1.29 is 14.6 Å². The first-order valence-corrected chi connectivity index (χ1v) is 7.31. The largest absolute Gasteiger partial charge is 0.465 e. The Bertz CT molecular complexity index is 448. The van der Waals surface area contributed by atoms with Crippen LogP contribution in [0, 0.1) is 17.3 Å². The van der Waals surface area contributed by atoms with E-state index in [-0.39, 0.29) is 12.6 Å². The molecule has 0 unspecified atom stereocenters. The fourth-order valence-electron chi connectivity index (χ4n) is 1.09. The van der Waals surface area contributed by atoms with Crippen molar-refractivity contribution in [3.05, 3.63) is 35.4 Å². The highest BCUT2D eigenvalue weighted by Crippen LogP contribution is 2.12. The zero-order valence-electron chi connectivity index (χ0n) is 14.3. The fraction of sp³-hybridized carbons (Fsp3) is 0.500. The standard InChI is InChI=1S/C14H16O3.2C2H6/c1-14(2,10-15)9-8-11-4-6-12(7-5-11)13(16)17-3;2*1-2/h4-7,15H,10H2,1-3H3;2*1-2H3. The summed E-state index contributed by atoms with van der Waals surface area (Å²) < 4.78 is 4.60. The van der Waals surface area contributed by atoms with Gasteiger partial charge in [-0.25, -0.2) is 4.79 Å². The van der Waals surface area contributed by atoms with Gasteiger partial charge in [0.05, 0.1) is 19.3 Å². The van der Waals surface area contributed by atoms with Crippen LogP contribution in [0.15, 0.2) is 24.3 Å². The molecule has 1 rings (SSSR count). The molecule has 0 heterocycles. The van der Waals surface area contributed by atoms with Gasteiger partial charge in [-0.1, -0.05) is 39.5 Å². The number of esters is 1. The van der Waals surface area contributed by atoms with Gasteiger partial charge in [0.25, 0.3) is 0 Å². The van der Waals surface area contributed by atoms with Crippen LogP contribution in [0.4, 0.5) is 0 Å². The minimum Gasteiger partial charge on any atom is -0.465 e. The zero-order chi connectivity index (χ0) is 16.9. The summed E-state index contributed by atoms with van der Waals surface area (Å²) in [6.07, 6.45) is 0. The molecule has 0 amide bonds. The van der Waals surface area contributed by atoms with Gasteiger partial charge in [0, 0.05) is 11.0 Å². The van der Waals surface area contributed by atoms with E-state index >= 15 is 0 Å². The summed E-state index contributed by atoms with van der Waals surface area (Å²) in [6.45, 7) is 11.7. The van der Waals surface area contributed by atoms with Crippen LogP contribution in [0.25, 0.3) is 0 Å². The maximum absolute atomic E-state index is 11.2. The van der Waals surface area contributed by atoms with Crippen molar-refractivity contribution in [2.24, 2.45) is 5.41 Å². The molecule has 0 spiro atoms. The normalized spacial score (nSPS) is 8.95. The van der Waals surface area contributed by atoms with E-state index in [1.54, 1.807) is 24.3 Å². The van der Waals surface area contributed by atoms with Crippen molar-refractivity contribution in [2.45, 2.75) is 41.5 Å². The van der Waals surface area contributed by atoms with E-state index in [1.165, 1.54) is 7.11 Å². The lowest BCUT2D eigenvalue weighted by Crippen LogP contribution is -2.13. The number of rotatable bonds is 2. The molecular weight excluding hydrogens is 264 g/mol. The molecule has 0 fully saturated rings. The number of hydrogen-bond donors (Lipinski definition) is 1. The van der Waals surface area contributed by atoms with E-state index in [0.29, 0.717) is 5.56 Å². The number of aliphatic hydroxyl groups excluding tert-OH is 1. The second-order valence-corrected chi connectivity index (χ2v) is 4.36. The average Bonchev–Trinajstić information content (AvgIpc) is 2.56. The summed E-state index contributed by atoms with van der Waals surface area (Å²) in [5.41, 5.74) is 0.889.